The molecule has 6 heteroatoms. The van der Waals surface area contributed by atoms with Crippen LogP contribution in [0.4, 0.5) is 11.6 Å². The fourth-order valence-corrected chi connectivity index (χ4v) is 2.88. The molecule has 1 fully saturated rings. The second-order valence-corrected chi connectivity index (χ2v) is 5.82. The number of nitrogens with one attached hydrogen (secondary N) is 1. The van der Waals surface area contributed by atoms with Gasteiger partial charge in [0.25, 0.3) is 0 Å². The van der Waals surface area contributed by atoms with E-state index in [1.807, 2.05) is 18.2 Å². The second-order valence-electron chi connectivity index (χ2n) is 5.42. The molecule has 1 saturated heterocycles. The van der Waals surface area contributed by atoms with Crippen LogP contribution in [0.1, 0.15) is 18.4 Å². The molecule has 3 heterocycles. The van der Waals surface area contributed by atoms with Crippen molar-refractivity contribution < 1.29 is 5.11 Å². The minimum absolute atomic E-state index is 0.276. The number of aliphatic hydroxyl groups excluding tert-OH is 1. The fourth-order valence-electron chi connectivity index (χ4n) is 2.69. The van der Waals surface area contributed by atoms with E-state index in [1.165, 1.54) is 0 Å². The standard InChI is InChI=1S/C16H19ClN4O/c17-14-6-2-7-18-15(14)20-10-12-4-1-8-19-16(12)21-9-3-5-13(22)11-21/h1-2,4,6-8,13,22H,3,5,9-11H2,(H,18,20). The third kappa shape index (κ3) is 3.48. The first-order valence-corrected chi connectivity index (χ1v) is 7.83. The molecule has 1 unspecified atom stereocenters. The highest BCUT2D eigenvalue weighted by molar-refractivity contribution is 6.32. The van der Waals surface area contributed by atoms with Crippen LogP contribution in [-0.4, -0.2) is 34.3 Å². The Hall–Kier alpha value is -1.85. The van der Waals surface area contributed by atoms with Gasteiger partial charge in [0.2, 0.25) is 0 Å². The molecular weight excluding hydrogens is 300 g/mol. The molecule has 2 aromatic rings. The van der Waals surface area contributed by atoms with Crippen LogP contribution >= 0.6 is 11.6 Å². The average molecular weight is 319 g/mol. The molecule has 0 spiro atoms. The largest absolute Gasteiger partial charge is 0.391 e. The lowest BCUT2D eigenvalue weighted by molar-refractivity contribution is 0.154. The van der Waals surface area contributed by atoms with Crippen LogP contribution in [0.2, 0.25) is 5.02 Å². The van der Waals surface area contributed by atoms with Crippen molar-refractivity contribution in [2.45, 2.75) is 25.5 Å². The van der Waals surface area contributed by atoms with Crippen molar-refractivity contribution in [2.75, 3.05) is 23.3 Å². The van der Waals surface area contributed by atoms with E-state index in [2.05, 4.69) is 20.2 Å². The summed E-state index contributed by atoms with van der Waals surface area (Å²) in [6.07, 6.45) is 5.06. The lowest BCUT2D eigenvalue weighted by Crippen LogP contribution is -2.39. The van der Waals surface area contributed by atoms with Gasteiger partial charge in [-0.25, -0.2) is 9.97 Å². The summed E-state index contributed by atoms with van der Waals surface area (Å²) in [6.45, 7) is 2.15. The molecule has 0 radical (unpaired) electrons. The maximum atomic E-state index is 9.86. The van der Waals surface area contributed by atoms with Gasteiger partial charge in [0, 0.05) is 37.6 Å². The Morgan fingerprint density at radius 1 is 1.27 bits per heavy atom. The van der Waals surface area contributed by atoms with Gasteiger partial charge in [0.15, 0.2) is 0 Å². The van der Waals surface area contributed by atoms with Crippen molar-refractivity contribution in [3.63, 3.8) is 0 Å². The summed E-state index contributed by atoms with van der Waals surface area (Å²) in [4.78, 5) is 10.9. The Bertz CT molecular complexity index is 637. The van der Waals surface area contributed by atoms with Gasteiger partial charge in [0.1, 0.15) is 11.6 Å². The van der Waals surface area contributed by atoms with Crippen LogP contribution in [0.25, 0.3) is 0 Å². The highest BCUT2D eigenvalue weighted by atomic mass is 35.5. The number of nitrogens with zero attached hydrogens (tertiary/aromatic N) is 3. The van der Waals surface area contributed by atoms with Gasteiger partial charge in [-0.3, -0.25) is 0 Å². The zero-order valence-electron chi connectivity index (χ0n) is 12.2. The monoisotopic (exact) mass is 318 g/mol. The molecule has 0 amide bonds. The SMILES string of the molecule is OC1CCCN(c2ncccc2CNc2ncccc2Cl)C1. The number of hydrogen-bond acceptors (Lipinski definition) is 5. The molecule has 0 aliphatic carbocycles. The van der Waals surface area contributed by atoms with Crippen molar-refractivity contribution >= 4 is 23.2 Å². The quantitative estimate of drug-likeness (QED) is 0.907. The molecule has 22 heavy (non-hydrogen) atoms. The zero-order valence-corrected chi connectivity index (χ0v) is 13.0. The molecule has 1 aliphatic heterocycles. The first kappa shape index (κ1) is 15.1. The molecular formula is C16H19ClN4O. The maximum Gasteiger partial charge on any atom is 0.145 e. The topological polar surface area (TPSA) is 61.3 Å². The number of pyridine rings is 2. The van der Waals surface area contributed by atoms with Gasteiger partial charge in [-0.2, -0.15) is 0 Å². The summed E-state index contributed by atoms with van der Waals surface area (Å²) in [6, 6.07) is 7.56. The van der Waals surface area contributed by atoms with Crippen LogP contribution in [0.15, 0.2) is 36.7 Å². The number of aliphatic hydroxyl groups is 1. The molecule has 0 saturated carbocycles. The van der Waals surface area contributed by atoms with E-state index in [9.17, 15) is 5.11 Å². The van der Waals surface area contributed by atoms with Crippen molar-refractivity contribution in [1.29, 1.82) is 0 Å². The Morgan fingerprint density at radius 2 is 2.09 bits per heavy atom. The number of rotatable bonds is 4. The molecule has 1 atom stereocenters. The molecule has 2 aromatic heterocycles. The van der Waals surface area contributed by atoms with Gasteiger partial charge < -0.3 is 15.3 Å². The van der Waals surface area contributed by atoms with Crippen LogP contribution in [-0.2, 0) is 6.54 Å². The van der Waals surface area contributed by atoms with Gasteiger partial charge in [-0.15, -0.1) is 0 Å². The van der Waals surface area contributed by atoms with Crippen molar-refractivity contribution in [3.8, 4) is 0 Å². The summed E-state index contributed by atoms with van der Waals surface area (Å²) >= 11 is 6.11. The third-order valence-electron chi connectivity index (χ3n) is 3.77. The molecule has 116 valence electrons. The average Bonchev–Trinajstić information content (AvgIpc) is 2.54. The predicted octanol–water partition coefficient (Wildman–Crippen LogP) is 2.70. The van der Waals surface area contributed by atoms with E-state index in [0.717, 1.165) is 30.8 Å². The highest BCUT2D eigenvalue weighted by Gasteiger charge is 2.20. The predicted molar refractivity (Wildman–Crippen MR) is 88.3 cm³/mol. The maximum absolute atomic E-state index is 9.86. The van der Waals surface area contributed by atoms with E-state index >= 15 is 0 Å². The molecule has 5 nitrogen and oxygen atoms in total. The first-order valence-electron chi connectivity index (χ1n) is 7.45. The highest BCUT2D eigenvalue weighted by Crippen LogP contribution is 2.24. The molecule has 2 N–H and O–H groups in total. The van der Waals surface area contributed by atoms with Crippen LogP contribution < -0.4 is 10.2 Å². The van der Waals surface area contributed by atoms with Crippen LogP contribution in [0.3, 0.4) is 0 Å². The van der Waals surface area contributed by atoms with Gasteiger partial charge >= 0.3 is 0 Å². The number of anilines is 2. The van der Waals surface area contributed by atoms with Crippen LogP contribution in [0, 0.1) is 0 Å². The normalized spacial score (nSPS) is 18.3. The molecule has 0 bridgehead atoms. The second kappa shape index (κ2) is 6.94. The lowest BCUT2D eigenvalue weighted by atomic mass is 10.1. The van der Waals surface area contributed by atoms with Gasteiger partial charge in [0.05, 0.1) is 11.1 Å². The smallest absolute Gasteiger partial charge is 0.145 e. The van der Waals surface area contributed by atoms with E-state index < -0.39 is 0 Å². The Labute approximate surface area is 135 Å². The minimum Gasteiger partial charge on any atom is -0.391 e. The molecule has 1 aliphatic rings. The van der Waals surface area contributed by atoms with Crippen molar-refractivity contribution in [2.24, 2.45) is 0 Å². The zero-order chi connectivity index (χ0) is 15.4. The Balaban J connectivity index is 1.75. The molecule has 3 rings (SSSR count). The van der Waals surface area contributed by atoms with Crippen molar-refractivity contribution in [1.82, 2.24) is 9.97 Å². The Kier molecular flexibility index (Phi) is 4.75. The fraction of sp³-hybridized carbons (Fsp3) is 0.375. The third-order valence-corrected chi connectivity index (χ3v) is 4.07. The summed E-state index contributed by atoms with van der Waals surface area (Å²) in [5.41, 5.74) is 1.07. The first-order chi connectivity index (χ1) is 10.7. The number of piperidine rings is 1. The number of hydrogen-bond donors (Lipinski definition) is 2. The van der Waals surface area contributed by atoms with Crippen LogP contribution in [0.5, 0.6) is 0 Å². The number of halogens is 1. The van der Waals surface area contributed by atoms with E-state index in [0.29, 0.717) is 23.9 Å². The lowest BCUT2D eigenvalue weighted by Gasteiger charge is -2.32. The van der Waals surface area contributed by atoms with Crippen molar-refractivity contribution in [3.05, 3.63) is 47.2 Å². The van der Waals surface area contributed by atoms with Gasteiger partial charge in [-0.05, 0) is 31.0 Å². The minimum atomic E-state index is -0.276. The van der Waals surface area contributed by atoms with E-state index in [1.54, 1.807) is 18.5 Å². The summed E-state index contributed by atoms with van der Waals surface area (Å²) < 4.78 is 0. The summed E-state index contributed by atoms with van der Waals surface area (Å²) in [7, 11) is 0. The molecule has 0 aromatic carbocycles. The van der Waals surface area contributed by atoms with E-state index in [-0.39, 0.29) is 6.10 Å². The van der Waals surface area contributed by atoms with Gasteiger partial charge in [-0.1, -0.05) is 17.7 Å². The Morgan fingerprint density at radius 3 is 2.91 bits per heavy atom. The van der Waals surface area contributed by atoms with E-state index in [4.69, 9.17) is 11.6 Å². The number of aromatic nitrogens is 2. The summed E-state index contributed by atoms with van der Waals surface area (Å²) in [5.74, 6) is 1.58. The number of β-amino-alcohol motifs (C(OH)–C–C–N with tert-alkyl or cyclic N) is 1. The summed E-state index contributed by atoms with van der Waals surface area (Å²) in [5, 5.41) is 13.7.